The van der Waals surface area contributed by atoms with E-state index in [-0.39, 0.29) is 35.2 Å². The highest BCUT2D eigenvalue weighted by atomic mass is 32.7. The molecule has 10 atom stereocenters. The molecule has 0 bridgehead atoms. The SMILES string of the molecule is COc1ccc(C(=O)NCc2ccc(CSP3(=O)OC[C@H]4O[C@@H](n5cnc6c(N)ncnc65)[C@H](F)[C@@H]4OP(=O)(O)OC[C@H]4O[C@@H](n5ccc(=O)[nH]c5=O)[C@H](F)[C@@H]4O3)cc2)cc1. The first-order chi connectivity index (χ1) is 29.2. The van der Waals surface area contributed by atoms with Gasteiger partial charge in [-0.25, -0.2) is 37.7 Å². The highest BCUT2D eigenvalue weighted by Gasteiger charge is 2.55. The second kappa shape index (κ2) is 17.5. The van der Waals surface area contributed by atoms with Gasteiger partial charge in [-0.2, -0.15) is 0 Å². The van der Waals surface area contributed by atoms with Gasteiger partial charge in [0, 0.05) is 30.1 Å². The Morgan fingerprint density at radius 3 is 2.28 bits per heavy atom. The number of amides is 1. The molecule has 3 aliphatic rings. The van der Waals surface area contributed by atoms with Crippen LogP contribution in [0.5, 0.6) is 5.75 Å². The van der Waals surface area contributed by atoms with Crippen molar-refractivity contribution in [2.24, 2.45) is 0 Å². The van der Waals surface area contributed by atoms with Gasteiger partial charge in [-0.3, -0.25) is 41.8 Å². The molecule has 6 heterocycles. The molecule has 3 aliphatic heterocycles. The van der Waals surface area contributed by atoms with Crippen molar-refractivity contribution >= 4 is 48.9 Å². The molecular weight excluding hydrogens is 872 g/mol. The summed E-state index contributed by atoms with van der Waals surface area (Å²) in [6.07, 6.45) is -11.6. The van der Waals surface area contributed by atoms with Gasteiger partial charge in [0.25, 0.3) is 11.5 Å². The zero-order chi connectivity index (χ0) is 43.1. The number of ether oxygens (including phenoxy) is 3. The number of fused-ring (bicyclic) bond motifs is 3. The highest BCUT2D eigenvalue weighted by molar-refractivity contribution is 8.54. The summed E-state index contributed by atoms with van der Waals surface area (Å²) in [5, 5.41) is 2.83. The monoisotopic (exact) mass is 908 g/mol. The molecule has 0 aliphatic carbocycles. The van der Waals surface area contributed by atoms with Gasteiger partial charge in [-0.15, -0.1) is 0 Å². The Kier molecular flexibility index (Phi) is 12.3. The predicted molar refractivity (Wildman–Crippen MR) is 210 cm³/mol. The number of carbonyl (C=O) groups excluding carboxylic acids is 1. The van der Waals surface area contributed by atoms with E-state index in [2.05, 4.69) is 20.3 Å². The van der Waals surface area contributed by atoms with Crippen LogP contribution in [-0.2, 0) is 49.0 Å². The van der Waals surface area contributed by atoms with Gasteiger partial charge in [-0.05, 0) is 46.8 Å². The van der Waals surface area contributed by atoms with Crippen LogP contribution in [0.2, 0.25) is 0 Å². The number of anilines is 1. The third-order valence-corrected chi connectivity index (χ3v) is 14.5. The number of halogens is 2. The molecule has 21 nitrogen and oxygen atoms in total. The van der Waals surface area contributed by atoms with E-state index >= 15 is 8.78 Å². The number of phosphoric ester groups is 1. The Morgan fingerprint density at radius 1 is 0.934 bits per heavy atom. The summed E-state index contributed by atoms with van der Waals surface area (Å²) in [7, 11) is -3.70. The number of nitrogens with two attached hydrogens (primary N) is 1. The van der Waals surface area contributed by atoms with Crippen molar-refractivity contribution < 1.29 is 59.9 Å². The van der Waals surface area contributed by atoms with Crippen LogP contribution >= 0.6 is 26.0 Å². The number of methoxy groups -OCH3 is 1. The number of hydrogen-bond acceptors (Lipinski definition) is 17. The smallest absolute Gasteiger partial charge is 0.472 e. The van der Waals surface area contributed by atoms with E-state index < -0.39 is 88.3 Å². The number of nitrogens with one attached hydrogen (secondary N) is 2. The van der Waals surface area contributed by atoms with Crippen LogP contribution in [0.15, 0.2) is 83.0 Å². The second-order valence-corrected chi connectivity index (χ2v) is 19.2. The fourth-order valence-electron chi connectivity index (χ4n) is 6.74. The number of H-pyrrole nitrogens is 1. The number of aromatic nitrogens is 6. The van der Waals surface area contributed by atoms with Crippen LogP contribution < -0.4 is 27.0 Å². The molecule has 8 rings (SSSR count). The average molecular weight is 909 g/mol. The molecule has 0 saturated carbocycles. The quantitative estimate of drug-likeness (QED) is 0.154. The molecule has 5 aromatic rings. The lowest BCUT2D eigenvalue weighted by Gasteiger charge is -2.29. The summed E-state index contributed by atoms with van der Waals surface area (Å²) in [5.41, 5.74) is 6.01. The molecule has 2 unspecified atom stereocenters. The van der Waals surface area contributed by atoms with Crippen molar-refractivity contribution in [2.45, 2.75) is 61.5 Å². The van der Waals surface area contributed by atoms with Crippen molar-refractivity contribution in [1.82, 2.24) is 34.4 Å². The molecule has 5 N–H and O–H groups in total. The predicted octanol–water partition coefficient (Wildman–Crippen LogP) is 3.33. The molecule has 2 aromatic carbocycles. The minimum atomic E-state index is -5.22. The molecule has 0 radical (unpaired) electrons. The zero-order valence-corrected chi connectivity index (χ0v) is 34.2. The topological polar surface area (TPSA) is 273 Å². The fourth-order valence-corrected chi connectivity index (χ4v) is 11.1. The first-order valence-electron chi connectivity index (χ1n) is 18.3. The van der Waals surface area contributed by atoms with Crippen LogP contribution in [-0.4, -0.2) is 97.0 Å². The van der Waals surface area contributed by atoms with Gasteiger partial charge in [0.15, 0.2) is 36.3 Å². The Labute approximate surface area is 346 Å². The van der Waals surface area contributed by atoms with Gasteiger partial charge in [-0.1, -0.05) is 24.3 Å². The van der Waals surface area contributed by atoms with Crippen LogP contribution in [0.1, 0.15) is 33.9 Å². The number of rotatable bonds is 9. The normalized spacial score (nSPS) is 30.5. The largest absolute Gasteiger partial charge is 0.497 e. The van der Waals surface area contributed by atoms with Crippen LogP contribution in [0.3, 0.4) is 0 Å². The van der Waals surface area contributed by atoms with Gasteiger partial charge in [0.1, 0.15) is 42.0 Å². The molecule has 0 spiro atoms. The van der Waals surface area contributed by atoms with E-state index in [1.807, 2.05) is 4.98 Å². The third-order valence-electron chi connectivity index (χ3n) is 9.84. The van der Waals surface area contributed by atoms with Gasteiger partial charge >= 0.3 is 20.3 Å². The lowest BCUT2D eigenvalue weighted by Crippen LogP contribution is -2.38. The number of aromatic amines is 1. The Balaban J connectivity index is 1.04. The number of nitrogen functional groups attached to an aromatic ring is 1. The van der Waals surface area contributed by atoms with Gasteiger partial charge in [0.05, 0.1) is 26.7 Å². The number of phosphoric acid groups is 1. The summed E-state index contributed by atoms with van der Waals surface area (Å²) >= 11 is 0.629. The maximum Gasteiger partial charge on any atom is 0.472 e. The van der Waals surface area contributed by atoms with Crippen LogP contribution in [0, 0.1) is 0 Å². The van der Waals surface area contributed by atoms with Crippen molar-refractivity contribution in [1.29, 1.82) is 0 Å². The molecule has 3 aromatic heterocycles. The van der Waals surface area contributed by atoms with Gasteiger partial charge < -0.3 is 30.2 Å². The number of imidazole rings is 1. The maximum atomic E-state index is 16.4. The van der Waals surface area contributed by atoms with Crippen molar-refractivity contribution in [3.63, 3.8) is 0 Å². The Morgan fingerprint density at radius 2 is 1.59 bits per heavy atom. The number of alkyl halides is 2. The van der Waals surface area contributed by atoms with E-state index in [4.69, 9.17) is 38.0 Å². The second-order valence-electron chi connectivity index (χ2n) is 13.8. The summed E-state index contributed by atoms with van der Waals surface area (Å²) in [6.45, 7) is -6.15. The molecule has 3 saturated heterocycles. The number of carbonyl (C=O) groups is 1. The minimum Gasteiger partial charge on any atom is -0.497 e. The van der Waals surface area contributed by atoms with Crippen LogP contribution in [0.4, 0.5) is 14.6 Å². The summed E-state index contributed by atoms with van der Waals surface area (Å²) < 4.78 is 102. The highest BCUT2D eigenvalue weighted by Crippen LogP contribution is 2.65. The molecule has 3 fully saturated rings. The molecule has 324 valence electrons. The molecule has 61 heavy (non-hydrogen) atoms. The minimum absolute atomic E-state index is 0.00987. The van der Waals surface area contributed by atoms with Crippen molar-refractivity contribution in [2.75, 3.05) is 26.1 Å². The molecule has 26 heteroatoms. The Hall–Kier alpha value is -4.87. The summed E-state index contributed by atoms with van der Waals surface area (Å²) in [6, 6.07) is 14.4. The third kappa shape index (κ3) is 9.19. The van der Waals surface area contributed by atoms with Crippen molar-refractivity contribution in [3.8, 4) is 5.75 Å². The summed E-state index contributed by atoms with van der Waals surface area (Å²) in [4.78, 5) is 61.9. The molecule has 1 amide bonds. The lowest BCUT2D eigenvalue weighted by molar-refractivity contribution is -0.0619. The van der Waals surface area contributed by atoms with Crippen LogP contribution in [0.25, 0.3) is 11.2 Å². The summed E-state index contributed by atoms with van der Waals surface area (Å²) in [5.74, 6) is 0.231. The van der Waals surface area contributed by atoms with Crippen molar-refractivity contribution in [3.05, 3.63) is 111 Å². The number of nitrogens with zero attached hydrogens (tertiary/aromatic N) is 5. The first-order valence-corrected chi connectivity index (χ1v) is 22.9. The zero-order valence-electron chi connectivity index (χ0n) is 31.6. The van der Waals surface area contributed by atoms with E-state index in [9.17, 15) is 28.4 Å². The van der Waals surface area contributed by atoms with E-state index in [1.165, 1.54) is 18.0 Å². The molecular formula is C35H36F2N8O13P2S. The Bertz CT molecular complexity index is 2620. The number of benzene rings is 2. The average Bonchev–Trinajstić information content (AvgIpc) is 3.90. The van der Waals surface area contributed by atoms with E-state index in [1.54, 1.807) is 48.5 Å². The maximum absolute atomic E-state index is 16.4. The first kappa shape index (κ1) is 42.8. The van der Waals surface area contributed by atoms with Gasteiger partial charge in [0.2, 0.25) is 0 Å². The van der Waals surface area contributed by atoms with E-state index in [0.717, 1.165) is 24.2 Å². The lowest BCUT2D eigenvalue weighted by atomic mass is 10.1. The van der Waals surface area contributed by atoms with E-state index in [0.29, 0.717) is 32.8 Å². The number of hydrogen-bond donors (Lipinski definition) is 4. The standard InChI is InChI=1S/C35H36F2N8O13P2S/c1-52-21-8-6-20(7-9-21)32(47)39-12-18-2-4-19(5-3-18)15-61-60(51)54-14-23-28(25(36)34(56-23)45-17-42-27-30(38)40-16-41-31(27)45)57-59(49,50)53-13-22-29(58-60)26(37)33(55-22)44-11-10-24(46)43-35(44)48/h2-11,16-17,22-23,25-26,28-29,33-34H,12-15H2,1H3,(H,39,47)(H,49,50)(H2,38,40,41)(H,43,46,48)/t22-,23-,25-,26-,28-,29-,33-,34-,60?/m1/s1. The fraction of sp³-hybridized carbons (Fsp3) is 0.371.